The van der Waals surface area contributed by atoms with Gasteiger partial charge in [0.15, 0.2) is 5.96 Å². The van der Waals surface area contributed by atoms with Crippen molar-refractivity contribution in [3.05, 3.63) is 29.8 Å². The number of guanidine groups is 1. The molecule has 0 aromatic heterocycles. The molecule has 2 aliphatic heterocycles. The maximum Gasteiger partial charge on any atom is 0.573 e. The van der Waals surface area contributed by atoms with E-state index in [4.69, 9.17) is 4.74 Å². The molecule has 4 rings (SSSR count). The fourth-order valence-corrected chi connectivity index (χ4v) is 4.28. The molecule has 1 amide bonds. The van der Waals surface area contributed by atoms with Gasteiger partial charge in [-0.2, -0.15) is 0 Å². The zero-order valence-electron chi connectivity index (χ0n) is 17.8. The summed E-state index contributed by atoms with van der Waals surface area (Å²) in [4.78, 5) is 20.8. The monoisotopic (exact) mass is 568 g/mol. The van der Waals surface area contributed by atoms with Gasteiger partial charge in [0.25, 0.3) is 5.91 Å². The summed E-state index contributed by atoms with van der Waals surface area (Å²) in [6, 6.07) is 6.25. The summed E-state index contributed by atoms with van der Waals surface area (Å²) in [7, 11) is 1.68. The zero-order valence-corrected chi connectivity index (χ0v) is 20.1. The van der Waals surface area contributed by atoms with Crippen molar-refractivity contribution in [1.82, 2.24) is 15.1 Å². The minimum Gasteiger partial charge on any atom is -0.405 e. The van der Waals surface area contributed by atoms with Gasteiger partial charge in [-0.25, -0.2) is 0 Å². The van der Waals surface area contributed by atoms with Crippen LogP contribution < -0.4 is 10.1 Å². The topological polar surface area (TPSA) is 66.4 Å². The van der Waals surface area contributed by atoms with E-state index in [0.29, 0.717) is 50.7 Å². The second-order valence-corrected chi connectivity index (χ2v) is 8.04. The second-order valence-electron chi connectivity index (χ2n) is 8.04. The second kappa shape index (κ2) is 10.4. The minimum absolute atomic E-state index is 0. The van der Waals surface area contributed by atoms with Crippen LogP contribution in [-0.2, 0) is 9.53 Å². The van der Waals surface area contributed by atoms with E-state index >= 15 is 0 Å². The largest absolute Gasteiger partial charge is 0.573 e. The van der Waals surface area contributed by atoms with Crippen molar-refractivity contribution in [2.24, 2.45) is 4.99 Å². The van der Waals surface area contributed by atoms with E-state index in [-0.39, 0.29) is 53.7 Å². The number of carbonyl (C=O) groups is 1. The molecular weight excluding hydrogens is 540 g/mol. The summed E-state index contributed by atoms with van der Waals surface area (Å²) in [5.41, 5.74) is 0.541. The molecule has 3 fully saturated rings. The van der Waals surface area contributed by atoms with E-state index in [0.717, 1.165) is 12.8 Å². The summed E-state index contributed by atoms with van der Waals surface area (Å²) in [5.74, 6) is 0.535. The third-order valence-corrected chi connectivity index (χ3v) is 5.96. The predicted octanol–water partition coefficient (Wildman–Crippen LogP) is 2.96. The van der Waals surface area contributed by atoms with Crippen LogP contribution in [0.25, 0.3) is 0 Å². The van der Waals surface area contributed by atoms with Gasteiger partial charge in [0.05, 0.1) is 0 Å². The van der Waals surface area contributed by atoms with Crippen molar-refractivity contribution in [2.45, 2.75) is 43.7 Å². The molecule has 0 bridgehead atoms. The molecule has 0 radical (unpaired) electrons. The molecule has 1 saturated carbocycles. The molecule has 1 aromatic rings. The minimum atomic E-state index is -4.72. The molecule has 1 aromatic carbocycles. The first-order valence-corrected chi connectivity index (χ1v) is 10.6. The highest BCUT2D eigenvalue weighted by Gasteiger charge is 2.43. The lowest BCUT2D eigenvalue weighted by Gasteiger charge is -2.37. The number of hydrogen-bond acceptors (Lipinski definition) is 4. The van der Waals surface area contributed by atoms with Gasteiger partial charge < -0.3 is 24.6 Å². The molecule has 178 valence electrons. The van der Waals surface area contributed by atoms with Gasteiger partial charge in [-0.1, -0.05) is 18.2 Å². The Hall–Kier alpha value is -1.76. The normalized spacial score (nSPS) is 25.9. The summed E-state index contributed by atoms with van der Waals surface area (Å²) in [6.07, 6.45) is -2.62. The van der Waals surface area contributed by atoms with Crippen molar-refractivity contribution in [1.29, 1.82) is 0 Å². The molecule has 11 heteroatoms. The van der Waals surface area contributed by atoms with Crippen molar-refractivity contribution < 1.29 is 27.4 Å². The van der Waals surface area contributed by atoms with Gasteiger partial charge in [-0.3, -0.25) is 9.79 Å². The first-order valence-electron chi connectivity index (χ1n) is 10.6. The van der Waals surface area contributed by atoms with Crippen LogP contribution in [0.4, 0.5) is 13.2 Å². The Labute approximate surface area is 202 Å². The van der Waals surface area contributed by atoms with Crippen LogP contribution in [0.3, 0.4) is 0 Å². The predicted molar refractivity (Wildman–Crippen MR) is 123 cm³/mol. The van der Waals surface area contributed by atoms with Gasteiger partial charge in [0.2, 0.25) is 0 Å². The number of alkyl halides is 3. The molecule has 3 aliphatic rings. The van der Waals surface area contributed by atoms with Gasteiger partial charge in [0, 0.05) is 51.8 Å². The smallest absolute Gasteiger partial charge is 0.405 e. The van der Waals surface area contributed by atoms with E-state index < -0.39 is 6.36 Å². The van der Waals surface area contributed by atoms with Crippen molar-refractivity contribution in [3.63, 3.8) is 0 Å². The molecule has 32 heavy (non-hydrogen) atoms. The van der Waals surface area contributed by atoms with Gasteiger partial charge in [0.1, 0.15) is 11.9 Å². The van der Waals surface area contributed by atoms with Gasteiger partial charge >= 0.3 is 6.36 Å². The number of rotatable bonds is 4. The Morgan fingerprint density at radius 3 is 2.50 bits per heavy atom. The molecule has 0 spiro atoms. The lowest BCUT2D eigenvalue weighted by Crippen LogP contribution is -2.55. The van der Waals surface area contributed by atoms with Crippen LogP contribution in [0.15, 0.2) is 29.3 Å². The third kappa shape index (κ3) is 5.97. The van der Waals surface area contributed by atoms with Crippen molar-refractivity contribution >= 4 is 35.8 Å². The maximum absolute atomic E-state index is 12.7. The van der Waals surface area contributed by atoms with Gasteiger partial charge in [-0.15, -0.1) is 37.1 Å². The molecule has 7 nitrogen and oxygen atoms in total. The van der Waals surface area contributed by atoms with Crippen LogP contribution in [0.1, 0.15) is 30.7 Å². The first kappa shape index (κ1) is 24.9. The fourth-order valence-electron chi connectivity index (χ4n) is 4.28. The van der Waals surface area contributed by atoms with Gasteiger partial charge in [-0.05, 0) is 30.9 Å². The van der Waals surface area contributed by atoms with Crippen molar-refractivity contribution in [2.75, 3.05) is 39.8 Å². The lowest BCUT2D eigenvalue weighted by molar-refractivity contribution is -0.274. The Balaban J connectivity index is 0.00000289. The highest BCUT2D eigenvalue weighted by Crippen LogP contribution is 2.45. The summed E-state index contributed by atoms with van der Waals surface area (Å²) < 4.78 is 47.8. The quantitative estimate of drug-likeness (QED) is 0.344. The SMILES string of the molecule is CN=C(NC1CC1c1ccccc1OC(F)(F)F)N1CCN(C(=O)C2CCCO2)CC1.I. The highest BCUT2D eigenvalue weighted by atomic mass is 127. The highest BCUT2D eigenvalue weighted by molar-refractivity contribution is 14.0. The summed E-state index contributed by atoms with van der Waals surface area (Å²) >= 11 is 0. The molecule has 3 atom stereocenters. The van der Waals surface area contributed by atoms with E-state index in [1.807, 2.05) is 4.90 Å². The molecular formula is C21H28F3IN4O3. The average Bonchev–Trinajstić information content (AvgIpc) is 3.28. The van der Waals surface area contributed by atoms with E-state index in [9.17, 15) is 18.0 Å². The third-order valence-electron chi connectivity index (χ3n) is 5.96. The lowest BCUT2D eigenvalue weighted by atomic mass is 10.1. The number of para-hydroxylation sites is 1. The van der Waals surface area contributed by atoms with Crippen LogP contribution in [0, 0.1) is 0 Å². The number of piperazine rings is 1. The molecule has 2 saturated heterocycles. The number of benzene rings is 1. The van der Waals surface area contributed by atoms with Crippen LogP contribution in [-0.4, -0.2) is 80.0 Å². The molecule has 3 unspecified atom stereocenters. The Morgan fingerprint density at radius 1 is 1.19 bits per heavy atom. The van der Waals surface area contributed by atoms with Crippen molar-refractivity contribution in [3.8, 4) is 5.75 Å². The number of amides is 1. The maximum atomic E-state index is 12.7. The van der Waals surface area contributed by atoms with E-state index in [1.54, 1.807) is 19.2 Å². The number of nitrogens with one attached hydrogen (secondary N) is 1. The Kier molecular flexibility index (Phi) is 8.12. The summed E-state index contributed by atoms with van der Waals surface area (Å²) in [5, 5.41) is 3.36. The number of halogens is 4. The first-order chi connectivity index (χ1) is 14.9. The molecule has 1 N–H and O–H groups in total. The summed E-state index contributed by atoms with van der Waals surface area (Å²) in [6.45, 7) is 3.12. The Morgan fingerprint density at radius 2 is 1.88 bits per heavy atom. The number of ether oxygens (including phenoxy) is 2. The number of aliphatic imine (C=N–C) groups is 1. The molecule has 1 aliphatic carbocycles. The standard InChI is InChI=1S/C21H27F3N4O3.HI/c1-25-20(28-10-8-27(9-11-28)19(29)18-7-4-12-30-18)26-16-13-15(16)14-5-2-3-6-17(14)31-21(22,23)24;/h2-3,5-6,15-16,18H,4,7-13H2,1H3,(H,25,26);1H. The van der Waals surface area contributed by atoms with Crippen LogP contribution >= 0.6 is 24.0 Å². The fraction of sp³-hybridized carbons (Fsp3) is 0.619. The van der Waals surface area contributed by atoms with Crippen LogP contribution in [0.2, 0.25) is 0 Å². The number of carbonyl (C=O) groups excluding carboxylic acids is 1. The number of hydrogen-bond donors (Lipinski definition) is 1. The van der Waals surface area contributed by atoms with Crippen LogP contribution in [0.5, 0.6) is 5.75 Å². The van der Waals surface area contributed by atoms with E-state index in [2.05, 4.69) is 19.9 Å². The number of nitrogens with zero attached hydrogens (tertiary/aromatic N) is 3. The zero-order chi connectivity index (χ0) is 22.0. The molecule has 2 heterocycles. The Bertz CT molecular complexity index is 825. The van der Waals surface area contributed by atoms with E-state index in [1.165, 1.54) is 12.1 Å². The average molecular weight is 568 g/mol.